The highest BCUT2D eigenvalue weighted by Gasteiger charge is 2.11. The molecule has 144 valence electrons. The number of carbonyl (C=O) groups excluding carboxylic acids is 1. The Morgan fingerprint density at radius 1 is 0.759 bits per heavy atom. The number of ether oxygens (including phenoxy) is 2. The smallest absolute Gasteiger partial charge is 0.344 e. The Labute approximate surface area is 167 Å². The Hall–Kier alpha value is -3.93. The van der Waals surface area contributed by atoms with E-state index in [1.165, 1.54) is 0 Å². The fraction of sp³-hybridized carbons (Fsp3) is 0.0870. The van der Waals surface area contributed by atoms with Crippen LogP contribution in [0.3, 0.4) is 0 Å². The van der Waals surface area contributed by atoms with Gasteiger partial charge in [0.25, 0.3) is 0 Å². The summed E-state index contributed by atoms with van der Waals surface area (Å²) in [7, 11) is 0. The maximum absolute atomic E-state index is 11.8. The van der Waals surface area contributed by atoms with Gasteiger partial charge in [0, 0.05) is 11.1 Å². The van der Waals surface area contributed by atoms with Crippen molar-refractivity contribution < 1.29 is 18.7 Å². The van der Waals surface area contributed by atoms with E-state index in [1.807, 2.05) is 60.7 Å². The monoisotopic (exact) mass is 386 g/mol. The third kappa shape index (κ3) is 4.87. The largest absolute Gasteiger partial charge is 0.482 e. The highest BCUT2D eigenvalue weighted by Crippen LogP contribution is 2.25. The first kappa shape index (κ1) is 18.4. The molecule has 1 aromatic heterocycles. The van der Waals surface area contributed by atoms with Crippen LogP contribution in [0.1, 0.15) is 5.56 Å². The highest BCUT2D eigenvalue weighted by molar-refractivity contribution is 5.71. The fourth-order valence-corrected chi connectivity index (χ4v) is 2.65. The first-order valence-corrected chi connectivity index (χ1v) is 9.10. The van der Waals surface area contributed by atoms with Crippen LogP contribution in [0.15, 0.2) is 89.3 Å². The first-order valence-electron chi connectivity index (χ1n) is 9.10. The lowest BCUT2D eigenvalue weighted by atomic mass is 10.2. The van der Waals surface area contributed by atoms with Gasteiger partial charge >= 0.3 is 5.97 Å². The Bertz CT molecular complexity index is 1060. The van der Waals surface area contributed by atoms with Crippen molar-refractivity contribution in [2.45, 2.75) is 6.61 Å². The summed E-state index contributed by atoms with van der Waals surface area (Å²) in [6, 6.07) is 26.1. The van der Waals surface area contributed by atoms with Gasteiger partial charge in [-0.15, -0.1) is 10.2 Å². The minimum absolute atomic E-state index is 0.162. The van der Waals surface area contributed by atoms with Crippen LogP contribution >= 0.6 is 0 Å². The molecule has 0 amide bonds. The molecule has 3 aromatic carbocycles. The second-order valence-electron chi connectivity index (χ2n) is 6.24. The number of hydrogen-bond donors (Lipinski definition) is 0. The van der Waals surface area contributed by atoms with E-state index in [4.69, 9.17) is 13.9 Å². The zero-order valence-corrected chi connectivity index (χ0v) is 15.5. The zero-order chi connectivity index (χ0) is 19.9. The summed E-state index contributed by atoms with van der Waals surface area (Å²) in [4.78, 5) is 11.8. The van der Waals surface area contributed by atoms with Gasteiger partial charge in [0.15, 0.2) is 6.61 Å². The molecule has 0 spiro atoms. The molecule has 0 bridgehead atoms. The first-order chi connectivity index (χ1) is 14.3. The molecule has 6 nitrogen and oxygen atoms in total. The molecule has 0 radical (unpaired) electrons. The molecule has 6 heteroatoms. The average Bonchev–Trinajstić information content (AvgIpc) is 3.28. The summed E-state index contributed by atoms with van der Waals surface area (Å²) in [6.45, 7) is 0.0633. The number of benzene rings is 3. The van der Waals surface area contributed by atoms with Gasteiger partial charge < -0.3 is 13.9 Å². The predicted octanol–water partition coefficient (Wildman–Crippen LogP) is 4.53. The van der Waals surface area contributed by atoms with Crippen molar-refractivity contribution in [1.82, 2.24) is 10.2 Å². The number of esters is 1. The van der Waals surface area contributed by atoms with E-state index in [2.05, 4.69) is 10.2 Å². The van der Waals surface area contributed by atoms with Crippen molar-refractivity contribution in [2.75, 3.05) is 6.61 Å². The Morgan fingerprint density at radius 3 is 2.00 bits per heavy atom. The SMILES string of the molecule is O=C(COc1ccc(-c2nnc(-c3ccccc3)o2)cc1)OCc1ccccc1. The second kappa shape index (κ2) is 8.84. The number of rotatable bonds is 7. The van der Waals surface area contributed by atoms with Crippen LogP contribution in [0.5, 0.6) is 5.75 Å². The summed E-state index contributed by atoms with van der Waals surface area (Å²) in [6.07, 6.45) is 0. The van der Waals surface area contributed by atoms with Crippen LogP contribution in [0.25, 0.3) is 22.9 Å². The zero-order valence-electron chi connectivity index (χ0n) is 15.5. The van der Waals surface area contributed by atoms with Crippen LogP contribution in [0.4, 0.5) is 0 Å². The molecule has 1 heterocycles. The molecular formula is C23H18N2O4. The molecule has 0 aliphatic rings. The normalized spacial score (nSPS) is 10.5. The lowest BCUT2D eigenvalue weighted by Crippen LogP contribution is -2.14. The van der Waals surface area contributed by atoms with Gasteiger partial charge in [0.1, 0.15) is 12.4 Å². The van der Waals surface area contributed by atoms with E-state index in [0.29, 0.717) is 17.5 Å². The van der Waals surface area contributed by atoms with Crippen molar-refractivity contribution in [3.63, 3.8) is 0 Å². The van der Waals surface area contributed by atoms with Crippen LogP contribution < -0.4 is 4.74 Å². The van der Waals surface area contributed by atoms with Gasteiger partial charge in [-0.05, 0) is 42.0 Å². The lowest BCUT2D eigenvalue weighted by molar-refractivity contribution is -0.147. The van der Waals surface area contributed by atoms with Crippen molar-refractivity contribution in [2.24, 2.45) is 0 Å². The van der Waals surface area contributed by atoms with Crippen LogP contribution in [0.2, 0.25) is 0 Å². The summed E-state index contributed by atoms with van der Waals surface area (Å²) in [5.41, 5.74) is 2.55. The summed E-state index contributed by atoms with van der Waals surface area (Å²) in [5.74, 6) is 0.996. The van der Waals surface area contributed by atoms with Gasteiger partial charge in [-0.3, -0.25) is 0 Å². The third-order valence-corrected chi connectivity index (χ3v) is 4.15. The van der Waals surface area contributed by atoms with E-state index in [0.717, 1.165) is 16.7 Å². The molecule has 29 heavy (non-hydrogen) atoms. The van der Waals surface area contributed by atoms with Crippen molar-refractivity contribution >= 4 is 5.97 Å². The average molecular weight is 386 g/mol. The van der Waals surface area contributed by atoms with Crippen molar-refractivity contribution in [3.05, 3.63) is 90.5 Å². The molecule has 0 atom stereocenters. The third-order valence-electron chi connectivity index (χ3n) is 4.15. The Balaban J connectivity index is 1.31. The molecule has 0 fully saturated rings. The number of aromatic nitrogens is 2. The minimum Gasteiger partial charge on any atom is -0.482 e. The summed E-state index contributed by atoms with van der Waals surface area (Å²) < 4.78 is 16.4. The van der Waals surface area contributed by atoms with E-state index in [-0.39, 0.29) is 13.2 Å². The number of hydrogen-bond acceptors (Lipinski definition) is 6. The second-order valence-corrected chi connectivity index (χ2v) is 6.24. The molecule has 4 rings (SSSR count). The fourth-order valence-electron chi connectivity index (χ4n) is 2.65. The van der Waals surface area contributed by atoms with E-state index in [9.17, 15) is 4.79 Å². The van der Waals surface area contributed by atoms with E-state index in [1.54, 1.807) is 24.3 Å². The maximum atomic E-state index is 11.8. The molecule has 4 aromatic rings. The van der Waals surface area contributed by atoms with Crippen molar-refractivity contribution in [3.8, 4) is 28.7 Å². The van der Waals surface area contributed by atoms with Gasteiger partial charge in [-0.1, -0.05) is 48.5 Å². The number of nitrogens with zero attached hydrogens (tertiary/aromatic N) is 2. The van der Waals surface area contributed by atoms with Crippen LogP contribution in [0, 0.1) is 0 Å². The highest BCUT2D eigenvalue weighted by atomic mass is 16.6. The molecule has 0 N–H and O–H groups in total. The standard InChI is InChI=1S/C23H18N2O4/c26-21(28-15-17-7-3-1-4-8-17)16-27-20-13-11-19(12-14-20)23-25-24-22(29-23)18-9-5-2-6-10-18/h1-14H,15-16H2. The maximum Gasteiger partial charge on any atom is 0.344 e. The van der Waals surface area contributed by atoms with Crippen LogP contribution in [-0.4, -0.2) is 22.8 Å². The summed E-state index contributed by atoms with van der Waals surface area (Å²) >= 11 is 0. The molecule has 0 aliphatic heterocycles. The Kier molecular flexibility index (Phi) is 5.62. The molecule has 0 saturated heterocycles. The Morgan fingerprint density at radius 2 is 1.34 bits per heavy atom. The topological polar surface area (TPSA) is 74.5 Å². The van der Waals surface area contributed by atoms with Crippen LogP contribution in [-0.2, 0) is 16.1 Å². The van der Waals surface area contributed by atoms with Gasteiger partial charge in [0.2, 0.25) is 11.8 Å². The van der Waals surface area contributed by atoms with E-state index < -0.39 is 5.97 Å². The number of carbonyl (C=O) groups is 1. The minimum atomic E-state index is -0.428. The van der Waals surface area contributed by atoms with Gasteiger partial charge in [0.05, 0.1) is 0 Å². The van der Waals surface area contributed by atoms with E-state index >= 15 is 0 Å². The molecule has 0 saturated carbocycles. The van der Waals surface area contributed by atoms with Gasteiger partial charge in [-0.25, -0.2) is 4.79 Å². The van der Waals surface area contributed by atoms with Gasteiger partial charge in [-0.2, -0.15) is 0 Å². The molecule has 0 aliphatic carbocycles. The quantitative estimate of drug-likeness (QED) is 0.435. The molecule has 0 unspecified atom stereocenters. The predicted molar refractivity (Wildman–Crippen MR) is 107 cm³/mol. The summed E-state index contributed by atoms with van der Waals surface area (Å²) in [5, 5.41) is 8.17. The lowest BCUT2D eigenvalue weighted by Gasteiger charge is -2.07. The van der Waals surface area contributed by atoms with Crippen molar-refractivity contribution in [1.29, 1.82) is 0 Å². The molecular weight excluding hydrogens is 368 g/mol.